The number of nitrogens with one attached hydrogen (secondary N) is 2. The van der Waals surface area contributed by atoms with Crippen molar-refractivity contribution >= 4 is 40.7 Å². The van der Waals surface area contributed by atoms with Gasteiger partial charge in [-0.2, -0.15) is 0 Å². The maximum absolute atomic E-state index is 13.1. The van der Waals surface area contributed by atoms with E-state index in [4.69, 9.17) is 9.47 Å². The first kappa shape index (κ1) is 22.8. The Morgan fingerprint density at radius 2 is 1.46 bits per heavy atom. The van der Waals surface area contributed by atoms with Crippen LogP contribution in [0.2, 0.25) is 0 Å². The van der Waals surface area contributed by atoms with Crippen molar-refractivity contribution in [2.24, 2.45) is 0 Å². The van der Waals surface area contributed by atoms with E-state index in [0.29, 0.717) is 46.9 Å². The van der Waals surface area contributed by atoms with Gasteiger partial charge in [0.15, 0.2) is 0 Å². The molecule has 184 valence electrons. The average Bonchev–Trinajstić information content (AvgIpc) is 3.38. The molecule has 0 fully saturated rings. The molecule has 0 radical (unpaired) electrons. The molecule has 0 saturated heterocycles. The maximum Gasteiger partial charge on any atom is 0.261 e. The lowest BCUT2D eigenvalue weighted by atomic mass is 9.97. The molecule has 3 heterocycles. The van der Waals surface area contributed by atoms with Crippen LogP contribution >= 0.6 is 0 Å². The highest BCUT2D eigenvalue weighted by Crippen LogP contribution is 2.40. The van der Waals surface area contributed by atoms with E-state index in [9.17, 15) is 14.4 Å². The molecule has 0 spiro atoms. The zero-order valence-electron chi connectivity index (χ0n) is 20.0. The summed E-state index contributed by atoms with van der Waals surface area (Å²) in [5.41, 5.74) is 5.81. The second-order valence-corrected chi connectivity index (χ2v) is 8.83. The number of ether oxygens (including phenoxy) is 2. The highest BCUT2D eigenvalue weighted by atomic mass is 16.5. The van der Waals surface area contributed by atoms with Crippen LogP contribution in [0.1, 0.15) is 37.4 Å². The van der Waals surface area contributed by atoms with E-state index in [1.54, 1.807) is 37.4 Å². The first-order valence-electron chi connectivity index (χ1n) is 11.9. The van der Waals surface area contributed by atoms with Crippen molar-refractivity contribution in [3.05, 3.63) is 100 Å². The number of para-hydroxylation sites is 1. The summed E-state index contributed by atoms with van der Waals surface area (Å²) >= 11 is 0. The number of anilines is 2. The molecule has 2 N–H and O–H groups in total. The number of hydrogen-bond acceptors (Lipinski definition) is 6. The number of hydrogen-bond donors (Lipinski definition) is 2. The third kappa shape index (κ3) is 3.78. The van der Waals surface area contributed by atoms with Gasteiger partial charge >= 0.3 is 0 Å². The number of amides is 3. The molecule has 8 heteroatoms. The summed E-state index contributed by atoms with van der Waals surface area (Å²) < 4.78 is 11.1. The van der Waals surface area contributed by atoms with Gasteiger partial charge in [-0.05, 0) is 36.4 Å². The van der Waals surface area contributed by atoms with Crippen molar-refractivity contribution in [3.8, 4) is 5.75 Å². The number of benzene rings is 3. The fraction of sp³-hybridized carbons (Fsp3) is 0.138. The van der Waals surface area contributed by atoms with Crippen LogP contribution in [0.15, 0.2) is 72.4 Å². The Balaban J connectivity index is 1.40. The Kier molecular flexibility index (Phi) is 5.58. The topological polar surface area (TPSA) is 97.0 Å². The molecular formula is C29H23N3O5. The van der Waals surface area contributed by atoms with Crippen LogP contribution in [0.25, 0.3) is 11.6 Å². The van der Waals surface area contributed by atoms with E-state index in [2.05, 4.69) is 10.6 Å². The van der Waals surface area contributed by atoms with Gasteiger partial charge in [-0.3, -0.25) is 19.3 Å². The van der Waals surface area contributed by atoms with Crippen LogP contribution in [0, 0.1) is 0 Å². The molecule has 0 saturated carbocycles. The normalized spacial score (nSPS) is 17.3. The minimum absolute atomic E-state index is 0.0408. The summed E-state index contributed by atoms with van der Waals surface area (Å²) in [4.78, 5) is 40.2. The quantitative estimate of drug-likeness (QED) is 0.302. The number of rotatable bonds is 6. The van der Waals surface area contributed by atoms with Crippen LogP contribution in [-0.4, -0.2) is 42.9 Å². The molecule has 3 aliphatic rings. The van der Waals surface area contributed by atoms with Crippen LogP contribution < -0.4 is 15.4 Å². The van der Waals surface area contributed by atoms with Crippen molar-refractivity contribution < 1.29 is 23.9 Å². The van der Waals surface area contributed by atoms with Crippen LogP contribution in [0.3, 0.4) is 0 Å². The highest BCUT2D eigenvalue weighted by Gasteiger charge is 2.36. The molecule has 0 atom stereocenters. The number of nitrogens with zero attached hydrogens (tertiary/aromatic N) is 1. The fourth-order valence-corrected chi connectivity index (χ4v) is 4.90. The Morgan fingerprint density at radius 1 is 0.757 bits per heavy atom. The van der Waals surface area contributed by atoms with Gasteiger partial charge in [-0.15, -0.1) is 0 Å². The maximum atomic E-state index is 13.1. The molecule has 3 aromatic rings. The first-order valence-corrected chi connectivity index (χ1v) is 11.9. The molecule has 3 amide bonds. The number of carbonyl (C=O) groups is 3. The van der Waals surface area contributed by atoms with Crippen LogP contribution in [-0.2, 0) is 16.1 Å². The van der Waals surface area contributed by atoms with Crippen LogP contribution in [0.4, 0.5) is 11.4 Å². The van der Waals surface area contributed by atoms with E-state index in [1.807, 2.05) is 42.5 Å². The Labute approximate surface area is 213 Å². The minimum Gasteiger partial charge on any atom is -0.491 e. The lowest BCUT2D eigenvalue weighted by Gasteiger charge is -2.24. The van der Waals surface area contributed by atoms with Crippen molar-refractivity contribution in [1.82, 2.24) is 4.90 Å². The second kappa shape index (κ2) is 9.07. The van der Waals surface area contributed by atoms with E-state index in [0.717, 1.165) is 22.5 Å². The van der Waals surface area contributed by atoms with Gasteiger partial charge in [0.05, 0.1) is 35.5 Å². The van der Waals surface area contributed by atoms with Gasteiger partial charge < -0.3 is 20.1 Å². The minimum atomic E-state index is -0.337. The smallest absolute Gasteiger partial charge is 0.261 e. The van der Waals surface area contributed by atoms with Gasteiger partial charge in [0.2, 0.25) is 0 Å². The summed E-state index contributed by atoms with van der Waals surface area (Å²) in [5, 5.41) is 6.27. The van der Waals surface area contributed by atoms with Crippen molar-refractivity contribution in [1.29, 1.82) is 0 Å². The zero-order valence-corrected chi connectivity index (χ0v) is 20.0. The molecule has 3 aromatic carbocycles. The summed E-state index contributed by atoms with van der Waals surface area (Å²) in [6, 6.07) is 18.0. The van der Waals surface area contributed by atoms with Gasteiger partial charge in [0.1, 0.15) is 12.4 Å². The first-order chi connectivity index (χ1) is 18.1. The lowest BCUT2D eigenvalue weighted by Crippen LogP contribution is -2.30. The summed E-state index contributed by atoms with van der Waals surface area (Å²) in [5.74, 6) is -0.298. The highest BCUT2D eigenvalue weighted by molar-refractivity contribution is 6.33. The third-order valence-corrected chi connectivity index (χ3v) is 6.68. The largest absolute Gasteiger partial charge is 0.491 e. The van der Waals surface area contributed by atoms with Gasteiger partial charge in [-0.1, -0.05) is 36.4 Å². The average molecular weight is 494 g/mol. The summed E-state index contributed by atoms with van der Waals surface area (Å²) in [6.07, 6.45) is 3.73. The fourth-order valence-electron chi connectivity index (χ4n) is 4.90. The predicted octanol–water partition coefficient (Wildman–Crippen LogP) is 4.31. The number of allylic oxidation sites excluding steroid dienone is 1. The van der Waals surface area contributed by atoms with E-state index < -0.39 is 0 Å². The Hall–Kier alpha value is -4.69. The molecule has 0 bridgehead atoms. The molecule has 0 aliphatic carbocycles. The monoisotopic (exact) mass is 493 g/mol. The number of imide groups is 1. The van der Waals surface area contributed by atoms with Crippen molar-refractivity contribution in [2.75, 3.05) is 31.0 Å². The number of methoxy groups -OCH3 is 1. The second-order valence-electron chi connectivity index (χ2n) is 8.83. The van der Waals surface area contributed by atoms with E-state index >= 15 is 0 Å². The molecule has 3 aliphatic heterocycles. The molecule has 0 unspecified atom stereocenters. The van der Waals surface area contributed by atoms with Crippen LogP contribution in [0.5, 0.6) is 5.75 Å². The van der Waals surface area contributed by atoms with E-state index in [-0.39, 0.29) is 24.3 Å². The van der Waals surface area contributed by atoms with Gasteiger partial charge in [0.25, 0.3) is 17.7 Å². The summed E-state index contributed by atoms with van der Waals surface area (Å²) in [6.45, 7) is 0.745. The van der Waals surface area contributed by atoms with Crippen molar-refractivity contribution in [3.63, 3.8) is 0 Å². The summed E-state index contributed by atoms with van der Waals surface area (Å²) in [7, 11) is 1.59. The number of fused-ring (bicyclic) bond motifs is 3. The molecule has 37 heavy (non-hydrogen) atoms. The Bertz CT molecular complexity index is 1500. The standard InChI is InChI=1S/C29H23N3O5/c1-36-14-15-37-25-13-12-23-17(21(25)16-32-28(34)18-6-2-3-7-19(18)29(32)35)10-11-24(30-23)26-20-8-4-5-9-22(20)31-27(26)33/h2-13,30H,14-16H2,1H3,(H,31,33). The van der Waals surface area contributed by atoms with E-state index in [1.165, 1.54) is 4.90 Å². The van der Waals surface area contributed by atoms with Gasteiger partial charge in [0, 0.05) is 35.2 Å². The zero-order chi connectivity index (χ0) is 25.5. The van der Waals surface area contributed by atoms with Gasteiger partial charge in [-0.25, -0.2) is 0 Å². The Morgan fingerprint density at radius 3 is 2.19 bits per heavy atom. The SMILES string of the molecule is COCCOc1ccc2c(c1CN1C(=O)c3ccccc3C1=O)C=CC(=C1C(=O)Nc3ccccc31)N2. The predicted molar refractivity (Wildman–Crippen MR) is 139 cm³/mol. The molecule has 0 aromatic heterocycles. The molecular weight excluding hydrogens is 470 g/mol. The molecule has 6 rings (SSSR count). The molecule has 8 nitrogen and oxygen atoms in total. The lowest BCUT2D eigenvalue weighted by molar-refractivity contribution is -0.110. The third-order valence-electron chi connectivity index (χ3n) is 6.68. The number of carbonyl (C=O) groups excluding carboxylic acids is 3. The van der Waals surface area contributed by atoms with Crippen molar-refractivity contribution in [2.45, 2.75) is 6.54 Å².